The molecule has 0 bridgehead atoms. The largest absolute Gasteiger partial charge is 0.477 e. The number of hydrogen-bond acceptors (Lipinski definition) is 3. The molecule has 3 heterocycles. The van der Waals surface area contributed by atoms with Gasteiger partial charge in [-0.2, -0.15) is 0 Å². The quantitative estimate of drug-likeness (QED) is 0.737. The highest BCUT2D eigenvalue weighted by Crippen LogP contribution is 2.19. The third-order valence-electron chi connectivity index (χ3n) is 2.81. The summed E-state index contributed by atoms with van der Waals surface area (Å²) in [5.41, 5.74) is 1.87. The molecule has 90 valence electrons. The summed E-state index contributed by atoms with van der Waals surface area (Å²) in [4.78, 5) is 19.4. The van der Waals surface area contributed by atoms with Crippen LogP contribution < -0.4 is 0 Å². The van der Waals surface area contributed by atoms with Crippen LogP contribution in [-0.2, 0) is 7.05 Å². The summed E-state index contributed by atoms with van der Waals surface area (Å²) in [6.45, 7) is 0. The van der Waals surface area contributed by atoms with Crippen molar-refractivity contribution in [3.63, 3.8) is 0 Å². The topological polar surface area (TPSA) is 72.4 Å². The van der Waals surface area contributed by atoms with Crippen LogP contribution in [0.25, 0.3) is 17.0 Å². The van der Waals surface area contributed by atoms with Crippen LogP contribution in [-0.4, -0.2) is 30.0 Å². The first kappa shape index (κ1) is 10.5. The maximum atomic E-state index is 11.0. The molecule has 6 heteroatoms. The average molecular weight is 242 g/mol. The smallest absolute Gasteiger partial charge is 0.354 e. The van der Waals surface area contributed by atoms with Crippen LogP contribution in [0.2, 0.25) is 0 Å². The zero-order valence-electron chi connectivity index (χ0n) is 9.61. The SMILES string of the molecule is Cn1c(C(=O)O)cn2cc(-c3cccnc3)nc12. The Labute approximate surface area is 102 Å². The molecule has 0 aliphatic carbocycles. The van der Waals surface area contributed by atoms with E-state index >= 15 is 0 Å². The molecule has 0 spiro atoms. The second-order valence-corrected chi connectivity index (χ2v) is 3.95. The molecule has 3 aromatic heterocycles. The highest BCUT2D eigenvalue weighted by Gasteiger charge is 2.14. The van der Waals surface area contributed by atoms with Gasteiger partial charge in [-0.05, 0) is 12.1 Å². The lowest BCUT2D eigenvalue weighted by Crippen LogP contribution is -2.04. The van der Waals surface area contributed by atoms with E-state index in [4.69, 9.17) is 5.11 Å². The van der Waals surface area contributed by atoms with Gasteiger partial charge in [0.15, 0.2) is 0 Å². The Balaban J connectivity index is 2.17. The second-order valence-electron chi connectivity index (χ2n) is 3.95. The van der Waals surface area contributed by atoms with Gasteiger partial charge in [0.2, 0.25) is 5.78 Å². The first-order chi connectivity index (χ1) is 8.66. The van der Waals surface area contributed by atoms with Crippen LogP contribution >= 0.6 is 0 Å². The fourth-order valence-corrected chi connectivity index (χ4v) is 1.91. The van der Waals surface area contributed by atoms with Crippen molar-refractivity contribution in [1.82, 2.24) is 18.9 Å². The van der Waals surface area contributed by atoms with Crippen molar-refractivity contribution < 1.29 is 9.90 Å². The average Bonchev–Trinajstić information content (AvgIpc) is 2.91. The van der Waals surface area contributed by atoms with Crippen molar-refractivity contribution in [2.45, 2.75) is 0 Å². The minimum atomic E-state index is -0.967. The maximum absolute atomic E-state index is 11.0. The Hall–Kier alpha value is -2.63. The number of pyridine rings is 1. The molecule has 0 fully saturated rings. The summed E-state index contributed by atoms with van der Waals surface area (Å²) >= 11 is 0. The Kier molecular flexibility index (Phi) is 2.16. The molecule has 1 N–H and O–H groups in total. The molecule has 6 nitrogen and oxygen atoms in total. The summed E-state index contributed by atoms with van der Waals surface area (Å²) in [5, 5.41) is 9.00. The zero-order valence-corrected chi connectivity index (χ0v) is 9.61. The van der Waals surface area contributed by atoms with E-state index in [0.717, 1.165) is 11.3 Å². The van der Waals surface area contributed by atoms with Crippen molar-refractivity contribution in [2.24, 2.45) is 7.05 Å². The molecule has 0 amide bonds. The first-order valence-electron chi connectivity index (χ1n) is 5.35. The lowest BCUT2D eigenvalue weighted by atomic mass is 10.2. The number of carboxylic acids is 1. The Morgan fingerprint density at radius 3 is 2.83 bits per heavy atom. The summed E-state index contributed by atoms with van der Waals surface area (Å²) < 4.78 is 3.24. The summed E-state index contributed by atoms with van der Waals surface area (Å²) in [7, 11) is 1.68. The normalized spacial score (nSPS) is 10.9. The summed E-state index contributed by atoms with van der Waals surface area (Å²) in [6, 6.07) is 3.74. The third kappa shape index (κ3) is 1.46. The van der Waals surface area contributed by atoms with Crippen LogP contribution in [0.1, 0.15) is 10.5 Å². The van der Waals surface area contributed by atoms with Crippen LogP contribution in [0, 0.1) is 0 Å². The van der Waals surface area contributed by atoms with Gasteiger partial charge in [0, 0.05) is 37.4 Å². The van der Waals surface area contributed by atoms with Gasteiger partial charge in [-0.25, -0.2) is 9.78 Å². The lowest BCUT2D eigenvalue weighted by molar-refractivity contribution is 0.0687. The fraction of sp³-hybridized carbons (Fsp3) is 0.0833. The van der Waals surface area contributed by atoms with Gasteiger partial charge in [-0.1, -0.05) is 0 Å². The number of nitrogens with zero attached hydrogens (tertiary/aromatic N) is 4. The number of carboxylic acid groups (broad SMARTS) is 1. The zero-order chi connectivity index (χ0) is 12.7. The second kappa shape index (κ2) is 3.69. The molecule has 3 aromatic rings. The van der Waals surface area contributed by atoms with E-state index in [9.17, 15) is 4.79 Å². The standard InChI is InChI=1S/C12H10N4O2/c1-15-10(11(17)18)7-16-6-9(14-12(15)16)8-3-2-4-13-5-8/h2-7H,1H3,(H,17,18). The third-order valence-corrected chi connectivity index (χ3v) is 2.81. The number of rotatable bonds is 2. The van der Waals surface area contributed by atoms with Crippen LogP contribution in [0.5, 0.6) is 0 Å². The van der Waals surface area contributed by atoms with Crippen molar-refractivity contribution in [3.05, 3.63) is 42.6 Å². The number of hydrogen-bond donors (Lipinski definition) is 1. The van der Waals surface area contributed by atoms with Crippen LogP contribution in [0.4, 0.5) is 0 Å². The maximum Gasteiger partial charge on any atom is 0.354 e. The van der Waals surface area contributed by atoms with Crippen molar-refractivity contribution in [1.29, 1.82) is 0 Å². The minimum absolute atomic E-state index is 0.204. The van der Waals surface area contributed by atoms with Gasteiger partial charge in [-0.3, -0.25) is 9.38 Å². The number of aromatic nitrogens is 4. The predicted octanol–water partition coefficient (Wildman–Crippen LogP) is 1.43. The van der Waals surface area contributed by atoms with Gasteiger partial charge < -0.3 is 9.67 Å². The molecule has 0 atom stereocenters. The van der Waals surface area contributed by atoms with Crippen molar-refractivity contribution in [3.8, 4) is 11.3 Å². The highest BCUT2D eigenvalue weighted by atomic mass is 16.4. The van der Waals surface area contributed by atoms with E-state index in [1.807, 2.05) is 12.1 Å². The van der Waals surface area contributed by atoms with Crippen LogP contribution in [0.3, 0.4) is 0 Å². The minimum Gasteiger partial charge on any atom is -0.477 e. The van der Waals surface area contributed by atoms with Gasteiger partial charge in [0.25, 0.3) is 0 Å². The van der Waals surface area contributed by atoms with Gasteiger partial charge >= 0.3 is 5.97 Å². The molecule has 0 radical (unpaired) electrons. The molecule has 0 aromatic carbocycles. The van der Waals surface area contributed by atoms with Crippen LogP contribution in [0.15, 0.2) is 36.9 Å². The molecule has 0 aliphatic rings. The molecule has 18 heavy (non-hydrogen) atoms. The van der Waals surface area contributed by atoms with E-state index in [1.54, 1.807) is 40.8 Å². The molecule has 0 saturated carbocycles. The van der Waals surface area contributed by atoms with E-state index in [2.05, 4.69) is 9.97 Å². The molecule has 0 unspecified atom stereocenters. The Morgan fingerprint density at radius 2 is 2.22 bits per heavy atom. The van der Waals surface area contributed by atoms with Gasteiger partial charge in [0.05, 0.1) is 5.69 Å². The first-order valence-corrected chi connectivity index (χ1v) is 5.35. The van der Waals surface area contributed by atoms with E-state index in [-0.39, 0.29) is 5.69 Å². The van der Waals surface area contributed by atoms with Crippen molar-refractivity contribution in [2.75, 3.05) is 0 Å². The lowest BCUT2D eigenvalue weighted by Gasteiger charge is -1.96. The van der Waals surface area contributed by atoms with E-state index in [0.29, 0.717) is 5.78 Å². The number of imidazole rings is 2. The Morgan fingerprint density at radius 1 is 1.39 bits per heavy atom. The fourth-order valence-electron chi connectivity index (χ4n) is 1.91. The monoisotopic (exact) mass is 242 g/mol. The van der Waals surface area contributed by atoms with E-state index < -0.39 is 5.97 Å². The van der Waals surface area contributed by atoms with Gasteiger partial charge in [-0.15, -0.1) is 0 Å². The van der Waals surface area contributed by atoms with Gasteiger partial charge in [0.1, 0.15) is 5.69 Å². The highest BCUT2D eigenvalue weighted by molar-refractivity contribution is 5.86. The van der Waals surface area contributed by atoms with E-state index in [1.165, 1.54) is 0 Å². The number of aromatic carboxylic acids is 1. The number of aryl methyl sites for hydroxylation is 1. The number of fused-ring (bicyclic) bond motifs is 1. The summed E-state index contributed by atoms with van der Waals surface area (Å²) in [6.07, 6.45) is 6.75. The predicted molar refractivity (Wildman–Crippen MR) is 64.4 cm³/mol. The van der Waals surface area contributed by atoms with Crippen molar-refractivity contribution >= 4 is 11.7 Å². The number of carbonyl (C=O) groups is 1. The molecular formula is C12H10N4O2. The molecular weight excluding hydrogens is 232 g/mol. The summed E-state index contributed by atoms with van der Waals surface area (Å²) in [5.74, 6) is -0.378. The molecule has 0 saturated heterocycles. The molecule has 3 rings (SSSR count). The Bertz CT molecular complexity index is 727. The molecule has 0 aliphatic heterocycles.